The van der Waals surface area contributed by atoms with Gasteiger partial charge < -0.3 is 15.3 Å². The Morgan fingerprint density at radius 1 is 1.23 bits per heavy atom. The highest BCUT2D eigenvalue weighted by molar-refractivity contribution is 6.33. The van der Waals surface area contributed by atoms with Gasteiger partial charge in [0.25, 0.3) is 0 Å². The van der Waals surface area contributed by atoms with Crippen LogP contribution in [0, 0.1) is 17.3 Å². The predicted molar refractivity (Wildman–Crippen MR) is 154 cm³/mol. The van der Waals surface area contributed by atoms with Crippen LogP contribution in [0.15, 0.2) is 35.5 Å². The fourth-order valence-electron chi connectivity index (χ4n) is 5.40. The molecule has 4 rings (SSSR count). The molecule has 0 amide bonds. The zero-order valence-corrected chi connectivity index (χ0v) is 23.6. The highest BCUT2D eigenvalue weighted by atomic mass is 35.5. The molecule has 39 heavy (non-hydrogen) atoms. The minimum Gasteiger partial charge on any atom is -0.394 e. The van der Waals surface area contributed by atoms with E-state index in [1.807, 2.05) is 6.19 Å². The topological polar surface area (TPSA) is 103 Å². The number of piperidine rings is 1. The van der Waals surface area contributed by atoms with Gasteiger partial charge in [0.15, 0.2) is 6.19 Å². The predicted octanol–water partition coefficient (Wildman–Crippen LogP) is 3.92. The molecule has 0 radical (unpaired) electrons. The van der Waals surface area contributed by atoms with Gasteiger partial charge in [0, 0.05) is 48.8 Å². The number of nitrogens with zero attached hydrogens (tertiary/aromatic N) is 6. The second-order valence-corrected chi connectivity index (χ2v) is 10.7. The van der Waals surface area contributed by atoms with Crippen molar-refractivity contribution >= 4 is 40.7 Å². The van der Waals surface area contributed by atoms with Crippen LogP contribution in [-0.4, -0.2) is 83.8 Å². The van der Waals surface area contributed by atoms with Crippen LogP contribution in [0.4, 0.5) is 15.9 Å². The van der Waals surface area contributed by atoms with Crippen LogP contribution in [0.5, 0.6) is 0 Å². The van der Waals surface area contributed by atoms with Crippen molar-refractivity contribution < 1.29 is 9.50 Å². The molecule has 1 aromatic carbocycles. The van der Waals surface area contributed by atoms with Crippen LogP contribution in [0.2, 0.25) is 10.0 Å². The molecule has 2 saturated heterocycles. The molecule has 2 aliphatic heterocycles. The average molecular weight is 578 g/mol. The van der Waals surface area contributed by atoms with E-state index >= 15 is 0 Å². The Bertz CT molecular complexity index is 1180. The number of hydrogen-bond donors (Lipinski definition) is 3. The summed E-state index contributed by atoms with van der Waals surface area (Å²) in [6.45, 7) is 7.34. The molecule has 2 fully saturated rings. The molecule has 0 spiro atoms. The van der Waals surface area contributed by atoms with Crippen molar-refractivity contribution in [2.75, 3.05) is 56.1 Å². The molecule has 0 unspecified atom stereocenters. The maximum Gasteiger partial charge on any atom is 0.209 e. The molecule has 3 heterocycles. The van der Waals surface area contributed by atoms with Crippen molar-refractivity contribution in [2.45, 2.75) is 44.8 Å². The number of likely N-dealkylation sites (tertiary alicyclic amines) is 1. The number of piperazine rings is 1. The van der Waals surface area contributed by atoms with E-state index in [0.29, 0.717) is 39.9 Å². The van der Waals surface area contributed by atoms with Crippen LogP contribution in [0.3, 0.4) is 0 Å². The summed E-state index contributed by atoms with van der Waals surface area (Å²) in [6.07, 6.45) is 6.63. The average Bonchev–Trinajstić information content (AvgIpc) is 2.93. The smallest absolute Gasteiger partial charge is 0.209 e. The normalized spacial score (nSPS) is 19.6. The molecular formula is C27H35Cl2FN8O. The number of aliphatic imine (C=N–C) groups is 1. The van der Waals surface area contributed by atoms with E-state index in [0.717, 1.165) is 57.8 Å². The van der Waals surface area contributed by atoms with E-state index in [2.05, 4.69) is 42.2 Å². The lowest BCUT2D eigenvalue weighted by Gasteiger charge is -2.47. The number of aliphatic hydroxyl groups is 1. The highest BCUT2D eigenvalue weighted by Gasteiger charge is 2.34. The number of guanidine groups is 1. The summed E-state index contributed by atoms with van der Waals surface area (Å²) in [5.41, 5.74) is 1.29. The first-order chi connectivity index (χ1) is 18.9. The number of rotatable bonds is 8. The second-order valence-electron chi connectivity index (χ2n) is 9.83. The number of benzene rings is 1. The molecule has 2 aromatic rings. The van der Waals surface area contributed by atoms with Crippen molar-refractivity contribution in [2.24, 2.45) is 4.99 Å². The minimum absolute atomic E-state index is 0.122. The van der Waals surface area contributed by atoms with E-state index in [4.69, 9.17) is 33.6 Å². The molecule has 3 N–H and O–H groups in total. The van der Waals surface area contributed by atoms with Gasteiger partial charge in [-0.25, -0.2) is 14.4 Å². The van der Waals surface area contributed by atoms with Crippen molar-refractivity contribution in [3.05, 3.63) is 51.9 Å². The number of aromatic nitrogens is 1. The monoisotopic (exact) mass is 576 g/mol. The molecule has 0 saturated carbocycles. The van der Waals surface area contributed by atoms with Crippen LogP contribution < -0.4 is 15.5 Å². The Morgan fingerprint density at radius 2 is 2.03 bits per heavy atom. The maximum atomic E-state index is 14.3. The van der Waals surface area contributed by atoms with Crippen LogP contribution in [0.1, 0.15) is 31.7 Å². The zero-order chi connectivity index (χ0) is 27.8. The Morgan fingerprint density at radius 3 is 2.69 bits per heavy atom. The molecule has 9 nitrogen and oxygen atoms in total. The van der Waals surface area contributed by atoms with Crippen molar-refractivity contribution in [3.8, 4) is 6.19 Å². The van der Waals surface area contributed by atoms with Gasteiger partial charge in [-0.1, -0.05) is 36.2 Å². The fourth-order valence-corrected chi connectivity index (χ4v) is 5.84. The molecule has 0 bridgehead atoms. The third-order valence-electron chi connectivity index (χ3n) is 7.36. The van der Waals surface area contributed by atoms with Gasteiger partial charge in [0.1, 0.15) is 11.6 Å². The lowest BCUT2D eigenvalue weighted by atomic mass is 9.97. The van der Waals surface area contributed by atoms with Crippen LogP contribution >= 0.6 is 23.2 Å². The Kier molecular flexibility index (Phi) is 10.6. The van der Waals surface area contributed by atoms with E-state index in [1.165, 1.54) is 6.07 Å². The number of hydrogen-bond acceptors (Lipinski definition) is 7. The fraction of sp³-hybridized carbons (Fsp3) is 0.519. The van der Waals surface area contributed by atoms with E-state index in [-0.39, 0.29) is 24.9 Å². The highest BCUT2D eigenvalue weighted by Crippen LogP contribution is 2.31. The Balaban J connectivity index is 1.33. The van der Waals surface area contributed by atoms with Crippen molar-refractivity contribution in [1.29, 1.82) is 5.26 Å². The second kappa shape index (κ2) is 14.1. The molecule has 0 aliphatic carbocycles. The quantitative estimate of drug-likeness (QED) is 0.188. The molecule has 1 aromatic heterocycles. The van der Waals surface area contributed by atoms with Crippen molar-refractivity contribution in [1.82, 2.24) is 20.1 Å². The van der Waals surface area contributed by atoms with Gasteiger partial charge >= 0.3 is 0 Å². The summed E-state index contributed by atoms with van der Waals surface area (Å²) < 4.78 is 14.3. The van der Waals surface area contributed by atoms with E-state index < -0.39 is 0 Å². The molecule has 1 atom stereocenters. The zero-order valence-electron chi connectivity index (χ0n) is 22.1. The van der Waals surface area contributed by atoms with Gasteiger partial charge in [-0.2, -0.15) is 5.26 Å². The SMILES string of the molecule is CC[C@H]1CN(c2ncc(NC(=NCCO)NC#N)cc2Cl)CCN1C1CCN(Cc2ccc(Cl)cc2F)CC1. The van der Waals surface area contributed by atoms with Gasteiger partial charge in [0.2, 0.25) is 5.96 Å². The summed E-state index contributed by atoms with van der Waals surface area (Å²) in [5, 5.41) is 24.3. The minimum atomic E-state index is -0.239. The summed E-state index contributed by atoms with van der Waals surface area (Å²) in [4.78, 5) is 15.9. The standard InChI is InChI=1S/C27H35Cl2FN8O/c1-2-22-17-37(26-24(29)14-21(15-33-26)35-27(34-18-31)32-7-12-39)10-11-38(22)23-5-8-36(9-6-23)16-19-3-4-20(28)13-25(19)30/h3-4,13-15,22-23,39H,2,5-12,16-17H2,1H3,(H2,32,34,35)/t22-/m0/s1. The largest absolute Gasteiger partial charge is 0.394 e. The summed E-state index contributed by atoms with van der Waals surface area (Å²) in [5.74, 6) is 0.723. The van der Waals surface area contributed by atoms with E-state index in [9.17, 15) is 4.39 Å². The summed E-state index contributed by atoms with van der Waals surface area (Å²) in [7, 11) is 0. The molecule has 12 heteroatoms. The Hall–Kier alpha value is -2.68. The molecule has 2 aliphatic rings. The first kappa shape index (κ1) is 29.3. The van der Waals surface area contributed by atoms with Gasteiger partial charge in [-0.05, 0) is 50.6 Å². The number of halogens is 3. The molecule has 210 valence electrons. The number of aliphatic hydroxyl groups excluding tert-OH is 1. The Labute approximate surface area is 239 Å². The lowest BCUT2D eigenvalue weighted by Crippen LogP contribution is -2.58. The van der Waals surface area contributed by atoms with Gasteiger partial charge in [0.05, 0.1) is 30.1 Å². The first-order valence-corrected chi connectivity index (χ1v) is 14.1. The van der Waals surface area contributed by atoms with E-state index in [1.54, 1.807) is 24.4 Å². The maximum absolute atomic E-state index is 14.3. The first-order valence-electron chi connectivity index (χ1n) is 13.3. The molecular weight excluding hydrogens is 542 g/mol. The third kappa shape index (κ3) is 7.71. The third-order valence-corrected chi connectivity index (χ3v) is 7.88. The number of pyridine rings is 1. The van der Waals surface area contributed by atoms with Crippen molar-refractivity contribution in [3.63, 3.8) is 0 Å². The number of nitriles is 1. The summed E-state index contributed by atoms with van der Waals surface area (Å²) in [6, 6.07) is 7.57. The van der Waals surface area contributed by atoms with Crippen LogP contribution in [-0.2, 0) is 6.54 Å². The summed E-state index contributed by atoms with van der Waals surface area (Å²) >= 11 is 12.5. The number of anilines is 2. The van der Waals surface area contributed by atoms with Gasteiger partial charge in [-0.3, -0.25) is 15.1 Å². The number of nitrogens with one attached hydrogen (secondary N) is 2. The van der Waals surface area contributed by atoms with Gasteiger partial charge in [-0.15, -0.1) is 0 Å². The van der Waals surface area contributed by atoms with Crippen LogP contribution in [0.25, 0.3) is 0 Å². The lowest BCUT2D eigenvalue weighted by molar-refractivity contribution is 0.0607.